The van der Waals surface area contributed by atoms with Crippen LogP contribution in [0.25, 0.3) is 0 Å². The number of amides is 2. The van der Waals surface area contributed by atoms with Gasteiger partial charge in [0.15, 0.2) is 0 Å². The predicted octanol–water partition coefficient (Wildman–Crippen LogP) is 0.697. The molecular formula is C13H20N2O2. The van der Waals surface area contributed by atoms with E-state index in [0.717, 1.165) is 6.42 Å². The van der Waals surface area contributed by atoms with Crippen LogP contribution in [0.1, 0.15) is 20.3 Å². The molecule has 1 saturated carbocycles. The van der Waals surface area contributed by atoms with E-state index in [9.17, 15) is 9.59 Å². The van der Waals surface area contributed by atoms with Gasteiger partial charge in [0.1, 0.15) is 0 Å². The van der Waals surface area contributed by atoms with Gasteiger partial charge in [0, 0.05) is 13.1 Å². The highest BCUT2D eigenvalue weighted by Crippen LogP contribution is 2.48. The number of hydrogen-bond acceptors (Lipinski definition) is 2. The van der Waals surface area contributed by atoms with Crippen molar-refractivity contribution in [1.29, 1.82) is 0 Å². The van der Waals surface area contributed by atoms with E-state index in [-0.39, 0.29) is 35.5 Å². The second kappa shape index (κ2) is 4.90. The SMILES string of the molecule is CCNC(=O)C1C2C=CC(C2)C1C(=O)NCC. The Balaban J connectivity index is 2.14. The minimum absolute atomic E-state index is 0.0283. The minimum Gasteiger partial charge on any atom is -0.356 e. The van der Waals surface area contributed by atoms with Crippen LogP contribution in [0.2, 0.25) is 0 Å². The van der Waals surface area contributed by atoms with Gasteiger partial charge in [-0.2, -0.15) is 0 Å². The maximum atomic E-state index is 12.0. The molecule has 0 aliphatic heterocycles. The van der Waals surface area contributed by atoms with Crippen molar-refractivity contribution in [3.63, 3.8) is 0 Å². The van der Waals surface area contributed by atoms with Crippen molar-refractivity contribution >= 4 is 11.8 Å². The third-order valence-electron chi connectivity index (χ3n) is 3.77. The first-order chi connectivity index (χ1) is 8.19. The van der Waals surface area contributed by atoms with Gasteiger partial charge in [-0.1, -0.05) is 12.2 Å². The van der Waals surface area contributed by atoms with Gasteiger partial charge in [-0.3, -0.25) is 9.59 Å². The van der Waals surface area contributed by atoms with Crippen LogP contribution in [-0.4, -0.2) is 24.9 Å². The lowest BCUT2D eigenvalue weighted by molar-refractivity contribution is -0.135. The zero-order chi connectivity index (χ0) is 12.4. The van der Waals surface area contributed by atoms with Crippen molar-refractivity contribution in [1.82, 2.24) is 10.6 Å². The molecule has 17 heavy (non-hydrogen) atoms. The highest BCUT2D eigenvalue weighted by Gasteiger charge is 2.51. The van der Waals surface area contributed by atoms with Crippen LogP contribution in [0.5, 0.6) is 0 Å². The van der Waals surface area contributed by atoms with Gasteiger partial charge in [0.2, 0.25) is 11.8 Å². The van der Waals surface area contributed by atoms with E-state index in [0.29, 0.717) is 13.1 Å². The molecule has 4 unspecified atom stereocenters. The molecule has 2 aliphatic rings. The number of carbonyl (C=O) groups is 2. The van der Waals surface area contributed by atoms with Crippen LogP contribution in [-0.2, 0) is 9.59 Å². The highest BCUT2D eigenvalue weighted by atomic mass is 16.2. The molecule has 0 saturated heterocycles. The quantitative estimate of drug-likeness (QED) is 0.706. The molecule has 0 heterocycles. The Morgan fingerprint density at radius 1 is 1.00 bits per heavy atom. The Morgan fingerprint density at radius 2 is 1.41 bits per heavy atom. The maximum absolute atomic E-state index is 12.0. The average Bonchev–Trinajstić information content (AvgIpc) is 2.89. The van der Waals surface area contributed by atoms with Crippen LogP contribution < -0.4 is 10.6 Å². The third-order valence-corrected chi connectivity index (χ3v) is 3.77. The van der Waals surface area contributed by atoms with Crippen LogP contribution >= 0.6 is 0 Å². The molecule has 2 rings (SSSR count). The molecule has 0 radical (unpaired) electrons. The Labute approximate surface area is 102 Å². The Morgan fingerprint density at radius 3 is 1.76 bits per heavy atom. The molecule has 2 amide bonds. The van der Waals surface area contributed by atoms with E-state index in [1.807, 2.05) is 13.8 Å². The van der Waals surface area contributed by atoms with Gasteiger partial charge in [-0.25, -0.2) is 0 Å². The predicted molar refractivity (Wildman–Crippen MR) is 65.1 cm³/mol. The van der Waals surface area contributed by atoms with Crippen molar-refractivity contribution in [2.24, 2.45) is 23.7 Å². The first-order valence-electron chi connectivity index (χ1n) is 6.42. The fourth-order valence-electron chi connectivity index (χ4n) is 3.12. The molecular weight excluding hydrogens is 216 g/mol. The molecule has 4 heteroatoms. The summed E-state index contributed by atoms with van der Waals surface area (Å²) >= 11 is 0. The first kappa shape index (κ1) is 12.1. The number of carbonyl (C=O) groups excluding carboxylic acids is 2. The van der Waals surface area contributed by atoms with Crippen molar-refractivity contribution in [2.75, 3.05) is 13.1 Å². The molecule has 1 fully saturated rings. The van der Waals surface area contributed by atoms with Crippen LogP contribution in [0, 0.1) is 23.7 Å². The maximum Gasteiger partial charge on any atom is 0.224 e. The number of rotatable bonds is 4. The first-order valence-corrected chi connectivity index (χ1v) is 6.42. The topological polar surface area (TPSA) is 58.2 Å². The molecule has 94 valence electrons. The van der Waals surface area contributed by atoms with Crippen molar-refractivity contribution in [3.05, 3.63) is 12.2 Å². The van der Waals surface area contributed by atoms with E-state index in [4.69, 9.17) is 0 Å². The number of fused-ring (bicyclic) bond motifs is 2. The van der Waals surface area contributed by atoms with Crippen LogP contribution in [0.4, 0.5) is 0 Å². The molecule has 0 spiro atoms. The molecule has 0 aromatic carbocycles. The molecule has 2 bridgehead atoms. The van der Waals surface area contributed by atoms with E-state index in [1.54, 1.807) is 0 Å². The van der Waals surface area contributed by atoms with Gasteiger partial charge >= 0.3 is 0 Å². The second-order valence-electron chi connectivity index (χ2n) is 4.79. The summed E-state index contributed by atoms with van der Waals surface area (Å²) in [7, 11) is 0. The molecule has 4 nitrogen and oxygen atoms in total. The lowest BCUT2D eigenvalue weighted by atomic mass is 9.81. The summed E-state index contributed by atoms with van der Waals surface area (Å²) in [6, 6.07) is 0. The lowest BCUT2D eigenvalue weighted by Gasteiger charge is -2.25. The van der Waals surface area contributed by atoms with Gasteiger partial charge in [-0.15, -0.1) is 0 Å². The van der Waals surface area contributed by atoms with Gasteiger partial charge in [0.05, 0.1) is 11.8 Å². The highest BCUT2D eigenvalue weighted by molar-refractivity contribution is 5.89. The smallest absolute Gasteiger partial charge is 0.224 e. The molecule has 4 atom stereocenters. The van der Waals surface area contributed by atoms with Crippen LogP contribution in [0.15, 0.2) is 12.2 Å². The van der Waals surface area contributed by atoms with Gasteiger partial charge < -0.3 is 10.6 Å². The van der Waals surface area contributed by atoms with Gasteiger partial charge in [0.25, 0.3) is 0 Å². The Kier molecular flexibility index (Phi) is 3.50. The fraction of sp³-hybridized carbons (Fsp3) is 0.692. The van der Waals surface area contributed by atoms with Crippen molar-refractivity contribution in [3.8, 4) is 0 Å². The number of allylic oxidation sites excluding steroid dienone is 2. The second-order valence-corrected chi connectivity index (χ2v) is 4.79. The molecule has 0 aromatic rings. The summed E-state index contributed by atoms with van der Waals surface area (Å²) in [4.78, 5) is 24.1. The minimum atomic E-state index is -0.170. The van der Waals surface area contributed by atoms with E-state index < -0.39 is 0 Å². The summed E-state index contributed by atoms with van der Waals surface area (Å²) in [5.41, 5.74) is 0. The Hall–Kier alpha value is -1.32. The number of nitrogens with one attached hydrogen (secondary N) is 2. The molecule has 2 aliphatic carbocycles. The summed E-state index contributed by atoms with van der Waals surface area (Å²) in [5, 5.41) is 5.69. The lowest BCUT2D eigenvalue weighted by Crippen LogP contribution is -2.44. The summed E-state index contributed by atoms with van der Waals surface area (Å²) in [6.45, 7) is 5.06. The zero-order valence-electron chi connectivity index (χ0n) is 10.4. The van der Waals surface area contributed by atoms with Gasteiger partial charge in [-0.05, 0) is 32.1 Å². The van der Waals surface area contributed by atoms with E-state index >= 15 is 0 Å². The largest absolute Gasteiger partial charge is 0.356 e. The van der Waals surface area contributed by atoms with E-state index in [1.165, 1.54) is 0 Å². The van der Waals surface area contributed by atoms with Crippen LogP contribution in [0.3, 0.4) is 0 Å². The standard InChI is InChI=1S/C13H20N2O2/c1-3-14-12(16)10-8-5-6-9(7-8)11(10)13(17)15-4-2/h5-6,8-11H,3-4,7H2,1-2H3,(H,14,16)(H,15,17). The average molecular weight is 236 g/mol. The monoisotopic (exact) mass is 236 g/mol. The van der Waals surface area contributed by atoms with Crippen molar-refractivity contribution < 1.29 is 9.59 Å². The van der Waals surface area contributed by atoms with E-state index in [2.05, 4.69) is 22.8 Å². The summed E-state index contributed by atoms with van der Waals surface area (Å²) in [5.74, 6) is 0.215. The molecule has 2 N–H and O–H groups in total. The molecule has 0 aromatic heterocycles. The van der Waals surface area contributed by atoms with Crippen molar-refractivity contribution in [2.45, 2.75) is 20.3 Å². The normalized spacial score (nSPS) is 33.8. The number of hydrogen-bond donors (Lipinski definition) is 2. The zero-order valence-corrected chi connectivity index (χ0v) is 10.4. The fourth-order valence-corrected chi connectivity index (χ4v) is 3.12. The Bertz CT molecular complexity index is 319. The summed E-state index contributed by atoms with van der Waals surface area (Å²) < 4.78 is 0. The third kappa shape index (κ3) is 2.08. The summed E-state index contributed by atoms with van der Waals surface area (Å²) in [6.07, 6.45) is 5.14.